The molecule has 0 bridgehead atoms. The van der Waals surface area contributed by atoms with E-state index in [1.807, 2.05) is 25.1 Å². The fourth-order valence-electron chi connectivity index (χ4n) is 4.13. The zero-order valence-electron chi connectivity index (χ0n) is 16.1. The number of hydrogen-bond donors (Lipinski definition) is 1. The number of imidazole rings is 1. The number of H-pyrrole nitrogens is 1. The van der Waals surface area contributed by atoms with Crippen molar-refractivity contribution in [3.05, 3.63) is 63.0 Å². The molecule has 27 heavy (non-hydrogen) atoms. The molecule has 1 atom stereocenters. The summed E-state index contributed by atoms with van der Waals surface area (Å²) in [6, 6.07) is 10.6. The summed E-state index contributed by atoms with van der Waals surface area (Å²) in [7, 11) is 2.05. The van der Waals surface area contributed by atoms with Crippen LogP contribution in [0.2, 0.25) is 0 Å². The number of benzene rings is 2. The van der Waals surface area contributed by atoms with Crippen molar-refractivity contribution in [1.82, 2.24) is 14.5 Å². The maximum absolute atomic E-state index is 10.3. The molecular formula is C22H21BrN4. The third kappa shape index (κ3) is 2.44. The molecule has 2 aromatic carbocycles. The molecule has 0 radical (unpaired) electrons. The second-order valence-corrected chi connectivity index (χ2v) is 8.34. The Morgan fingerprint density at radius 3 is 2.59 bits per heavy atom. The molecule has 0 amide bonds. The van der Waals surface area contributed by atoms with Crippen molar-refractivity contribution in [1.29, 1.82) is 5.26 Å². The standard InChI is InChI=1S/C22H21BrN4/c1-12-13(2)19(16-8-9-27(5)20(16)14(12)3)22(4,11-24)21-25-17-7-6-15(23)10-18(17)26-21/h6-10H,1-5H3,(H,25,26). The first-order chi connectivity index (χ1) is 12.8. The van der Waals surface area contributed by atoms with Gasteiger partial charge in [-0.15, -0.1) is 0 Å². The van der Waals surface area contributed by atoms with Gasteiger partial charge in [-0.05, 0) is 74.2 Å². The lowest BCUT2D eigenvalue weighted by Crippen LogP contribution is -2.25. The minimum absolute atomic E-state index is 0.676. The Bertz CT molecular complexity index is 1260. The minimum atomic E-state index is -0.881. The topological polar surface area (TPSA) is 57.4 Å². The van der Waals surface area contributed by atoms with Crippen molar-refractivity contribution in [2.24, 2.45) is 7.05 Å². The first kappa shape index (κ1) is 17.8. The highest BCUT2D eigenvalue weighted by atomic mass is 79.9. The molecule has 0 saturated heterocycles. The normalized spacial score (nSPS) is 13.8. The van der Waals surface area contributed by atoms with Crippen LogP contribution in [-0.2, 0) is 12.5 Å². The maximum Gasteiger partial charge on any atom is 0.138 e. The fraction of sp³-hybridized carbons (Fsp3) is 0.273. The Morgan fingerprint density at radius 1 is 1.15 bits per heavy atom. The van der Waals surface area contributed by atoms with E-state index in [4.69, 9.17) is 4.98 Å². The van der Waals surface area contributed by atoms with Gasteiger partial charge in [0.2, 0.25) is 0 Å². The zero-order valence-corrected chi connectivity index (χ0v) is 17.7. The number of nitriles is 1. The van der Waals surface area contributed by atoms with E-state index in [1.165, 1.54) is 16.6 Å². The lowest BCUT2D eigenvalue weighted by molar-refractivity contribution is 0.690. The van der Waals surface area contributed by atoms with Gasteiger partial charge in [0, 0.05) is 23.1 Å². The van der Waals surface area contributed by atoms with E-state index >= 15 is 0 Å². The van der Waals surface area contributed by atoms with Gasteiger partial charge >= 0.3 is 0 Å². The van der Waals surface area contributed by atoms with Gasteiger partial charge in [-0.2, -0.15) is 5.26 Å². The van der Waals surface area contributed by atoms with Crippen LogP contribution in [0.1, 0.15) is 35.0 Å². The largest absolute Gasteiger partial charge is 0.350 e. The van der Waals surface area contributed by atoms with Crippen molar-refractivity contribution < 1.29 is 0 Å². The molecule has 0 aliphatic heterocycles. The quantitative estimate of drug-likeness (QED) is 0.460. The summed E-state index contributed by atoms with van der Waals surface area (Å²) in [6.07, 6.45) is 2.06. The smallest absolute Gasteiger partial charge is 0.138 e. The highest BCUT2D eigenvalue weighted by Crippen LogP contribution is 2.41. The molecular weight excluding hydrogens is 400 g/mol. The van der Waals surface area contributed by atoms with Crippen LogP contribution in [-0.4, -0.2) is 14.5 Å². The summed E-state index contributed by atoms with van der Waals surface area (Å²) in [6.45, 7) is 8.35. The highest BCUT2D eigenvalue weighted by Gasteiger charge is 2.37. The SMILES string of the molecule is Cc1c(C)c(C)c2c(ccn2C)c1C(C)(C#N)c1nc2cc(Br)ccc2[nH]1. The number of aryl methyl sites for hydroxylation is 2. The van der Waals surface area contributed by atoms with Crippen LogP contribution < -0.4 is 0 Å². The number of nitrogens with one attached hydrogen (secondary N) is 1. The third-order valence-corrected chi connectivity index (χ3v) is 6.33. The van der Waals surface area contributed by atoms with E-state index in [0.29, 0.717) is 5.82 Å². The molecule has 1 N–H and O–H groups in total. The maximum atomic E-state index is 10.3. The number of hydrogen-bond acceptors (Lipinski definition) is 2. The lowest BCUT2D eigenvalue weighted by atomic mass is 9.77. The molecule has 4 nitrogen and oxygen atoms in total. The average Bonchev–Trinajstić information content (AvgIpc) is 3.23. The number of aromatic nitrogens is 3. The van der Waals surface area contributed by atoms with E-state index in [1.54, 1.807) is 0 Å². The van der Waals surface area contributed by atoms with Gasteiger partial charge < -0.3 is 9.55 Å². The summed E-state index contributed by atoms with van der Waals surface area (Å²) in [5, 5.41) is 11.4. The van der Waals surface area contributed by atoms with Gasteiger partial charge in [-0.1, -0.05) is 15.9 Å². The molecule has 0 saturated carbocycles. The van der Waals surface area contributed by atoms with Gasteiger partial charge in [0.05, 0.1) is 22.6 Å². The average molecular weight is 421 g/mol. The molecule has 136 valence electrons. The molecule has 4 rings (SSSR count). The predicted octanol–water partition coefficient (Wildman–Crippen LogP) is 5.57. The Hall–Kier alpha value is -2.58. The predicted molar refractivity (Wildman–Crippen MR) is 113 cm³/mol. The van der Waals surface area contributed by atoms with E-state index < -0.39 is 5.41 Å². The molecule has 1 unspecified atom stereocenters. The summed E-state index contributed by atoms with van der Waals surface area (Å²) < 4.78 is 3.10. The summed E-state index contributed by atoms with van der Waals surface area (Å²) in [5.41, 5.74) is 6.74. The Labute approximate surface area is 167 Å². The zero-order chi connectivity index (χ0) is 19.5. The number of fused-ring (bicyclic) bond motifs is 2. The molecule has 5 heteroatoms. The van der Waals surface area contributed by atoms with Crippen LogP contribution in [0.3, 0.4) is 0 Å². The van der Waals surface area contributed by atoms with E-state index in [2.05, 4.69) is 71.6 Å². The number of nitrogens with zero attached hydrogens (tertiary/aromatic N) is 3. The third-order valence-electron chi connectivity index (χ3n) is 5.84. The Morgan fingerprint density at radius 2 is 1.89 bits per heavy atom. The molecule has 0 fully saturated rings. The van der Waals surface area contributed by atoms with Crippen LogP contribution in [0.15, 0.2) is 34.9 Å². The molecule has 2 heterocycles. The fourth-order valence-corrected chi connectivity index (χ4v) is 4.48. The number of rotatable bonds is 2. The van der Waals surface area contributed by atoms with Gasteiger partial charge in [-0.3, -0.25) is 0 Å². The number of halogens is 1. The van der Waals surface area contributed by atoms with Crippen molar-refractivity contribution in [3.8, 4) is 6.07 Å². The molecule has 4 aromatic rings. The van der Waals surface area contributed by atoms with E-state index in [9.17, 15) is 5.26 Å². The molecule has 0 aliphatic carbocycles. The summed E-state index contributed by atoms with van der Waals surface area (Å²) in [4.78, 5) is 8.17. The molecule has 2 aromatic heterocycles. The lowest BCUT2D eigenvalue weighted by Gasteiger charge is -2.25. The second kappa shape index (κ2) is 5.97. The Balaban J connectivity index is 2.09. The highest BCUT2D eigenvalue weighted by molar-refractivity contribution is 9.10. The van der Waals surface area contributed by atoms with Crippen molar-refractivity contribution in [3.63, 3.8) is 0 Å². The van der Waals surface area contributed by atoms with Gasteiger partial charge in [-0.25, -0.2) is 4.98 Å². The van der Waals surface area contributed by atoms with Gasteiger partial charge in [0.1, 0.15) is 11.2 Å². The molecule has 0 aliphatic rings. The molecule has 0 spiro atoms. The first-order valence-electron chi connectivity index (χ1n) is 8.90. The second-order valence-electron chi connectivity index (χ2n) is 7.42. The van der Waals surface area contributed by atoms with Crippen LogP contribution in [0.4, 0.5) is 0 Å². The first-order valence-corrected chi connectivity index (χ1v) is 9.69. The Kier molecular flexibility index (Phi) is 3.94. The summed E-state index contributed by atoms with van der Waals surface area (Å²) in [5.74, 6) is 0.676. The van der Waals surface area contributed by atoms with Crippen molar-refractivity contribution >= 4 is 37.9 Å². The minimum Gasteiger partial charge on any atom is -0.350 e. The van der Waals surface area contributed by atoms with Crippen LogP contribution in [0.25, 0.3) is 21.9 Å². The van der Waals surface area contributed by atoms with Gasteiger partial charge in [0.25, 0.3) is 0 Å². The van der Waals surface area contributed by atoms with E-state index in [0.717, 1.165) is 32.0 Å². The summed E-state index contributed by atoms with van der Waals surface area (Å²) >= 11 is 3.50. The van der Waals surface area contributed by atoms with Gasteiger partial charge in [0.15, 0.2) is 0 Å². The van der Waals surface area contributed by atoms with Crippen LogP contribution in [0, 0.1) is 32.1 Å². The van der Waals surface area contributed by atoms with E-state index in [-0.39, 0.29) is 0 Å². The van der Waals surface area contributed by atoms with Crippen molar-refractivity contribution in [2.75, 3.05) is 0 Å². The monoisotopic (exact) mass is 420 g/mol. The van der Waals surface area contributed by atoms with Crippen LogP contribution >= 0.6 is 15.9 Å². The van der Waals surface area contributed by atoms with Crippen molar-refractivity contribution in [2.45, 2.75) is 33.1 Å². The number of aromatic amines is 1. The van der Waals surface area contributed by atoms with Crippen LogP contribution in [0.5, 0.6) is 0 Å².